The first-order valence-corrected chi connectivity index (χ1v) is 3.42. The summed E-state index contributed by atoms with van der Waals surface area (Å²) in [6.45, 7) is 0. The van der Waals surface area contributed by atoms with E-state index in [2.05, 4.69) is 0 Å². The standard InChI is InChI=1S/C8H9NO3/c1-12-7-2-3-8(9-11)6(4-7)5-10/h2-5,9,11H,1H3/p+1. The molecule has 4 nitrogen and oxygen atoms in total. The van der Waals surface area contributed by atoms with E-state index in [0.29, 0.717) is 23.3 Å². The van der Waals surface area contributed by atoms with Gasteiger partial charge in [0.15, 0.2) is 12.0 Å². The molecule has 0 aliphatic heterocycles. The highest BCUT2D eigenvalue weighted by atomic mass is 16.5. The van der Waals surface area contributed by atoms with Crippen LogP contribution in [-0.2, 0) is 0 Å². The van der Waals surface area contributed by atoms with E-state index in [0.717, 1.165) is 5.48 Å². The lowest BCUT2D eigenvalue weighted by molar-refractivity contribution is -0.825. The molecule has 0 unspecified atom stereocenters. The zero-order valence-corrected chi connectivity index (χ0v) is 6.65. The summed E-state index contributed by atoms with van der Waals surface area (Å²) in [5.41, 5.74) is 1.80. The molecule has 0 bridgehead atoms. The fourth-order valence-electron chi connectivity index (χ4n) is 0.899. The fourth-order valence-corrected chi connectivity index (χ4v) is 0.899. The third-order valence-corrected chi connectivity index (χ3v) is 1.56. The molecule has 3 N–H and O–H groups in total. The number of nitrogens with two attached hydrogens (primary N) is 1. The molecule has 0 saturated heterocycles. The molecule has 1 aromatic carbocycles. The number of ether oxygens (including phenoxy) is 1. The van der Waals surface area contributed by atoms with Gasteiger partial charge < -0.3 is 4.74 Å². The molecule has 1 rings (SSSR count). The Balaban J connectivity index is 3.10. The van der Waals surface area contributed by atoms with Crippen LogP contribution in [0.25, 0.3) is 0 Å². The van der Waals surface area contributed by atoms with E-state index in [1.54, 1.807) is 18.2 Å². The van der Waals surface area contributed by atoms with Crippen molar-refractivity contribution in [2.75, 3.05) is 7.11 Å². The van der Waals surface area contributed by atoms with Gasteiger partial charge in [0.2, 0.25) is 0 Å². The van der Waals surface area contributed by atoms with Crippen LogP contribution in [-0.4, -0.2) is 18.6 Å². The molecule has 0 heterocycles. The molecule has 64 valence electrons. The highest BCUT2D eigenvalue weighted by Gasteiger charge is 2.05. The summed E-state index contributed by atoms with van der Waals surface area (Å²) in [5.74, 6) is 0.600. The van der Waals surface area contributed by atoms with Crippen LogP contribution in [0.15, 0.2) is 18.2 Å². The molecule has 0 amide bonds. The second-order valence-electron chi connectivity index (χ2n) is 2.24. The maximum absolute atomic E-state index is 10.5. The molecule has 12 heavy (non-hydrogen) atoms. The molecule has 4 heteroatoms. The number of hydrogen-bond donors (Lipinski definition) is 2. The molecule has 0 atom stereocenters. The average molecular weight is 168 g/mol. The maximum Gasteiger partial charge on any atom is 0.172 e. The zero-order chi connectivity index (χ0) is 8.97. The van der Waals surface area contributed by atoms with E-state index in [1.165, 1.54) is 7.11 Å². The lowest BCUT2D eigenvalue weighted by Gasteiger charge is -2.00. The van der Waals surface area contributed by atoms with Gasteiger partial charge >= 0.3 is 0 Å². The van der Waals surface area contributed by atoms with E-state index in [4.69, 9.17) is 9.94 Å². The number of methoxy groups -OCH3 is 1. The van der Waals surface area contributed by atoms with Crippen LogP contribution < -0.4 is 10.2 Å². The first-order valence-electron chi connectivity index (χ1n) is 3.42. The number of carbonyl (C=O) groups excluding carboxylic acids is 1. The van der Waals surface area contributed by atoms with Crippen LogP contribution >= 0.6 is 0 Å². The van der Waals surface area contributed by atoms with Crippen molar-refractivity contribution in [3.05, 3.63) is 23.8 Å². The molecule has 0 spiro atoms. The quantitative estimate of drug-likeness (QED) is 0.382. The SMILES string of the molecule is COc1ccc([NH2+]O)c(C=O)c1. The maximum atomic E-state index is 10.5. The molecular weight excluding hydrogens is 158 g/mol. The predicted octanol–water partition coefficient (Wildman–Crippen LogP) is 0.0918. The van der Waals surface area contributed by atoms with Gasteiger partial charge in [-0.25, -0.2) is 5.21 Å². The summed E-state index contributed by atoms with van der Waals surface area (Å²) in [6.07, 6.45) is 0.671. The van der Waals surface area contributed by atoms with Crippen LogP contribution in [0, 0.1) is 0 Å². The van der Waals surface area contributed by atoms with Crippen molar-refractivity contribution < 1.29 is 20.2 Å². The Morgan fingerprint density at radius 2 is 2.33 bits per heavy atom. The van der Waals surface area contributed by atoms with Gasteiger partial charge in [-0.2, -0.15) is 5.48 Å². The minimum Gasteiger partial charge on any atom is -0.497 e. The topological polar surface area (TPSA) is 63.1 Å². The summed E-state index contributed by atoms with van der Waals surface area (Å²) in [4.78, 5) is 10.5. The van der Waals surface area contributed by atoms with Gasteiger partial charge in [0.05, 0.1) is 12.7 Å². The van der Waals surface area contributed by atoms with Gasteiger partial charge in [-0.3, -0.25) is 4.79 Å². The lowest BCUT2D eigenvalue weighted by atomic mass is 10.2. The summed E-state index contributed by atoms with van der Waals surface area (Å²) in [5, 5.41) is 8.69. The zero-order valence-electron chi connectivity index (χ0n) is 6.65. The predicted molar refractivity (Wildman–Crippen MR) is 41.8 cm³/mol. The second-order valence-corrected chi connectivity index (χ2v) is 2.24. The Morgan fingerprint density at radius 1 is 1.58 bits per heavy atom. The van der Waals surface area contributed by atoms with E-state index < -0.39 is 0 Å². The second kappa shape index (κ2) is 3.85. The molecule has 0 aliphatic carbocycles. The van der Waals surface area contributed by atoms with Gasteiger partial charge in [0, 0.05) is 6.07 Å². The van der Waals surface area contributed by atoms with Crippen LogP contribution in [0.3, 0.4) is 0 Å². The van der Waals surface area contributed by atoms with Crippen molar-refractivity contribution in [2.45, 2.75) is 0 Å². The summed E-state index contributed by atoms with van der Waals surface area (Å²) in [7, 11) is 1.52. The molecule has 0 radical (unpaired) electrons. The Labute approximate surface area is 69.7 Å². The van der Waals surface area contributed by atoms with Gasteiger partial charge in [-0.15, -0.1) is 0 Å². The third-order valence-electron chi connectivity index (χ3n) is 1.56. The van der Waals surface area contributed by atoms with Crippen LogP contribution in [0.1, 0.15) is 10.4 Å². The first kappa shape index (κ1) is 8.70. The number of quaternary nitrogens is 1. The van der Waals surface area contributed by atoms with Gasteiger partial charge in [-0.05, 0) is 12.1 Å². The minimum absolute atomic E-state index is 0.414. The first-order chi connectivity index (χ1) is 5.81. The highest BCUT2D eigenvalue weighted by molar-refractivity contribution is 5.81. The van der Waals surface area contributed by atoms with Crippen LogP contribution in [0.2, 0.25) is 0 Å². The van der Waals surface area contributed by atoms with E-state index >= 15 is 0 Å². The fraction of sp³-hybridized carbons (Fsp3) is 0.125. The van der Waals surface area contributed by atoms with Gasteiger partial charge in [0.25, 0.3) is 0 Å². The van der Waals surface area contributed by atoms with Crippen molar-refractivity contribution in [3.63, 3.8) is 0 Å². The molecule has 0 saturated carbocycles. The largest absolute Gasteiger partial charge is 0.497 e. The van der Waals surface area contributed by atoms with E-state index in [9.17, 15) is 4.79 Å². The molecule has 0 fully saturated rings. The van der Waals surface area contributed by atoms with E-state index in [1.807, 2.05) is 0 Å². The normalized spacial score (nSPS) is 9.50. The van der Waals surface area contributed by atoms with Crippen molar-refractivity contribution in [3.8, 4) is 5.75 Å². The van der Waals surface area contributed by atoms with Crippen LogP contribution in [0.5, 0.6) is 5.75 Å². The van der Waals surface area contributed by atoms with Crippen molar-refractivity contribution in [1.29, 1.82) is 0 Å². The van der Waals surface area contributed by atoms with Crippen molar-refractivity contribution >= 4 is 12.0 Å². The number of hydrogen-bond acceptors (Lipinski definition) is 3. The Morgan fingerprint density at radius 3 is 2.83 bits per heavy atom. The molecule has 0 aliphatic rings. The van der Waals surface area contributed by atoms with Gasteiger partial charge in [-0.1, -0.05) is 0 Å². The number of rotatable bonds is 3. The molecule has 0 aromatic heterocycles. The highest BCUT2D eigenvalue weighted by Crippen LogP contribution is 2.16. The van der Waals surface area contributed by atoms with Crippen molar-refractivity contribution in [1.82, 2.24) is 0 Å². The minimum atomic E-state index is 0.414. The smallest absolute Gasteiger partial charge is 0.172 e. The molecule has 1 aromatic rings. The summed E-state index contributed by atoms with van der Waals surface area (Å²) >= 11 is 0. The Bertz CT molecular complexity index is 286. The number of benzene rings is 1. The summed E-state index contributed by atoms with van der Waals surface area (Å²) in [6, 6.07) is 4.85. The molecular formula is C8H10NO3+. The third kappa shape index (κ3) is 1.61. The summed E-state index contributed by atoms with van der Waals surface area (Å²) < 4.78 is 4.90. The number of aldehydes is 1. The average Bonchev–Trinajstić information content (AvgIpc) is 2.16. The Hall–Kier alpha value is -1.39. The van der Waals surface area contributed by atoms with Crippen molar-refractivity contribution in [2.24, 2.45) is 0 Å². The van der Waals surface area contributed by atoms with Crippen LogP contribution in [0.4, 0.5) is 5.69 Å². The monoisotopic (exact) mass is 168 g/mol. The number of carbonyl (C=O) groups is 1. The van der Waals surface area contributed by atoms with E-state index in [-0.39, 0.29) is 0 Å². The Kier molecular flexibility index (Phi) is 2.79. The lowest BCUT2D eigenvalue weighted by Crippen LogP contribution is -2.74. The van der Waals surface area contributed by atoms with Gasteiger partial charge in [0.1, 0.15) is 5.75 Å².